The highest BCUT2D eigenvalue weighted by Gasteiger charge is 2.02. The topological polar surface area (TPSA) is 21.3 Å². The maximum atomic E-state index is 5.91. The van der Waals surface area contributed by atoms with Gasteiger partial charge in [-0.2, -0.15) is 0 Å². The van der Waals surface area contributed by atoms with E-state index in [1.54, 1.807) is 0 Å². The second kappa shape index (κ2) is 8.93. The van der Waals surface area contributed by atoms with Crippen molar-refractivity contribution in [3.63, 3.8) is 0 Å². The zero-order valence-electron chi connectivity index (χ0n) is 13.5. The van der Waals surface area contributed by atoms with Crippen molar-refractivity contribution in [3.05, 3.63) is 77.9 Å². The summed E-state index contributed by atoms with van der Waals surface area (Å²) in [4.78, 5) is 0. The van der Waals surface area contributed by atoms with Gasteiger partial charge in [0, 0.05) is 17.8 Å². The Morgan fingerprint density at radius 3 is 2.82 bits per heavy atom. The number of para-hydroxylation sites is 1. The highest BCUT2D eigenvalue weighted by Crippen LogP contribution is 2.17. The Kier molecular flexibility index (Phi) is 6.56. The van der Waals surface area contributed by atoms with E-state index in [4.69, 9.17) is 4.74 Å². The van der Waals surface area contributed by atoms with Crippen LogP contribution < -0.4 is 10.1 Å². The van der Waals surface area contributed by atoms with E-state index in [0.717, 1.165) is 36.5 Å². The molecule has 0 aliphatic heterocycles. The van der Waals surface area contributed by atoms with Gasteiger partial charge in [0.1, 0.15) is 11.5 Å². The summed E-state index contributed by atoms with van der Waals surface area (Å²) in [6, 6.07) is 9.93. The molecule has 0 atom stereocenters. The third kappa shape index (κ3) is 5.65. The molecule has 1 aliphatic rings. The molecule has 0 saturated carbocycles. The van der Waals surface area contributed by atoms with Crippen LogP contribution >= 0.6 is 0 Å². The van der Waals surface area contributed by atoms with E-state index in [9.17, 15) is 0 Å². The highest BCUT2D eigenvalue weighted by molar-refractivity contribution is 5.28. The van der Waals surface area contributed by atoms with Crippen molar-refractivity contribution >= 4 is 0 Å². The first-order valence-electron chi connectivity index (χ1n) is 8.00. The summed E-state index contributed by atoms with van der Waals surface area (Å²) in [7, 11) is 0. The first-order chi connectivity index (χ1) is 10.8. The lowest BCUT2D eigenvalue weighted by molar-refractivity contribution is 0.413. The van der Waals surface area contributed by atoms with Crippen molar-refractivity contribution in [1.29, 1.82) is 0 Å². The van der Waals surface area contributed by atoms with Gasteiger partial charge in [0.25, 0.3) is 0 Å². The van der Waals surface area contributed by atoms with E-state index >= 15 is 0 Å². The minimum absolute atomic E-state index is 0.811. The van der Waals surface area contributed by atoms with Crippen LogP contribution in [0, 0.1) is 0 Å². The average molecular weight is 295 g/mol. The fourth-order valence-electron chi connectivity index (χ4n) is 2.23. The van der Waals surface area contributed by atoms with E-state index in [2.05, 4.69) is 49.5 Å². The molecule has 0 radical (unpaired) electrons. The molecule has 0 spiro atoms. The summed E-state index contributed by atoms with van der Waals surface area (Å²) < 4.78 is 5.91. The van der Waals surface area contributed by atoms with E-state index in [-0.39, 0.29) is 0 Å². The van der Waals surface area contributed by atoms with Crippen molar-refractivity contribution < 1.29 is 4.74 Å². The number of nitrogens with one attached hydrogen (secondary N) is 1. The highest BCUT2D eigenvalue weighted by atomic mass is 16.5. The number of benzene rings is 1. The van der Waals surface area contributed by atoms with Gasteiger partial charge in [-0.05, 0) is 44.1 Å². The van der Waals surface area contributed by atoms with E-state index in [1.807, 2.05) is 30.3 Å². The molecule has 1 aromatic rings. The summed E-state index contributed by atoms with van der Waals surface area (Å²) in [6.45, 7) is 4.31. The predicted octanol–water partition coefficient (Wildman–Crippen LogP) is 5.48. The molecular formula is C20H25NO. The van der Waals surface area contributed by atoms with Gasteiger partial charge in [0.15, 0.2) is 0 Å². The zero-order valence-corrected chi connectivity index (χ0v) is 13.5. The fraction of sp³-hybridized carbons (Fsp3) is 0.300. The second-order valence-electron chi connectivity index (χ2n) is 5.39. The van der Waals surface area contributed by atoms with Gasteiger partial charge in [-0.1, -0.05) is 49.8 Å². The van der Waals surface area contributed by atoms with Crippen LogP contribution in [0.15, 0.2) is 77.9 Å². The largest absolute Gasteiger partial charge is 0.462 e. The molecule has 2 heteroatoms. The Hall–Kier alpha value is -2.22. The summed E-state index contributed by atoms with van der Waals surface area (Å²) in [5, 5.41) is 3.45. The van der Waals surface area contributed by atoms with E-state index in [1.165, 1.54) is 12.1 Å². The standard InChI is InChI=1S/C20H25NO/c1-3-4-10-17(2)21-18-11-8-15-20(16-9-12-18)22-19-13-6-5-7-14-19/h5-8,10-14,16,21H,3-4,9,15H2,1-2H3/b11-8?,17-10+,18-12+,20-16+. The molecule has 0 fully saturated rings. The van der Waals surface area contributed by atoms with Crippen LogP contribution in [0.25, 0.3) is 0 Å². The maximum absolute atomic E-state index is 5.91. The van der Waals surface area contributed by atoms with E-state index in [0.29, 0.717) is 0 Å². The summed E-state index contributed by atoms with van der Waals surface area (Å²) in [5.74, 6) is 1.89. The minimum Gasteiger partial charge on any atom is -0.462 e. The van der Waals surface area contributed by atoms with Crippen molar-refractivity contribution in [2.45, 2.75) is 39.5 Å². The first-order valence-corrected chi connectivity index (χ1v) is 8.00. The molecule has 0 heterocycles. The summed E-state index contributed by atoms with van der Waals surface area (Å²) >= 11 is 0. The van der Waals surface area contributed by atoms with Gasteiger partial charge in [-0.25, -0.2) is 0 Å². The number of rotatable bonds is 6. The smallest absolute Gasteiger partial charge is 0.126 e. The molecule has 116 valence electrons. The molecule has 0 amide bonds. The van der Waals surface area contributed by atoms with Gasteiger partial charge in [-0.3, -0.25) is 0 Å². The van der Waals surface area contributed by atoms with Crippen LogP contribution in [0.3, 0.4) is 0 Å². The van der Waals surface area contributed by atoms with Crippen LogP contribution in [-0.4, -0.2) is 0 Å². The lowest BCUT2D eigenvalue weighted by Crippen LogP contribution is -2.09. The molecule has 1 aliphatic carbocycles. The lowest BCUT2D eigenvalue weighted by Gasteiger charge is -2.12. The molecule has 1 aromatic carbocycles. The SMILES string of the molecule is CCC/C=C(\C)N/C1=C/C/C=C(/Oc2ccccc2)CC=C1. The summed E-state index contributed by atoms with van der Waals surface area (Å²) in [5.41, 5.74) is 2.36. The van der Waals surface area contributed by atoms with Crippen LogP contribution in [-0.2, 0) is 0 Å². The van der Waals surface area contributed by atoms with Gasteiger partial charge >= 0.3 is 0 Å². The second-order valence-corrected chi connectivity index (χ2v) is 5.39. The molecule has 0 saturated heterocycles. The Balaban J connectivity index is 1.94. The Labute approximate surface area is 133 Å². The average Bonchev–Trinajstić information content (AvgIpc) is 2.51. The van der Waals surface area contributed by atoms with Crippen LogP contribution in [0.4, 0.5) is 0 Å². The quantitative estimate of drug-likeness (QED) is 0.750. The van der Waals surface area contributed by atoms with Crippen molar-refractivity contribution in [2.24, 2.45) is 0 Å². The van der Waals surface area contributed by atoms with E-state index < -0.39 is 0 Å². The Bertz CT molecular complexity index is 579. The van der Waals surface area contributed by atoms with Gasteiger partial charge in [0.05, 0.1) is 0 Å². The predicted molar refractivity (Wildman–Crippen MR) is 93.4 cm³/mol. The summed E-state index contributed by atoms with van der Waals surface area (Å²) in [6.07, 6.45) is 14.8. The van der Waals surface area contributed by atoms with Crippen molar-refractivity contribution in [1.82, 2.24) is 5.32 Å². The number of unbranched alkanes of at least 4 members (excludes halogenated alkanes) is 1. The molecule has 2 rings (SSSR count). The Morgan fingerprint density at radius 2 is 2.05 bits per heavy atom. The third-order valence-electron chi connectivity index (χ3n) is 3.37. The molecular weight excluding hydrogens is 270 g/mol. The first kappa shape index (κ1) is 16.2. The molecule has 22 heavy (non-hydrogen) atoms. The third-order valence-corrected chi connectivity index (χ3v) is 3.37. The number of hydrogen-bond acceptors (Lipinski definition) is 2. The minimum atomic E-state index is 0.811. The monoisotopic (exact) mass is 295 g/mol. The maximum Gasteiger partial charge on any atom is 0.126 e. The number of ether oxygens (including phenoxy) is 1. The Morgan fingerprint density at radius 1 is 1.23 bits per heavy atom. The van der Waals surface area contributed by atoms with Gasteiger partial charge in [-0.15, -0.1) is 0 Å². The molecule has 2 nitrogen and oxygen atoms in total. The van der Waals surface area contributed by atoms with Crippen LogP contribution in [0.1, 0.15) is 39.5 Å². The van der Waals surface area contributed by atoms with Gasteiger partial charge < -0.3 is 10.1 Å². The molecule has 1 N–H and O–H groups in total. The van der Waals surface area contributed by atoms with Crippen molar-refractivity contribution in [2.75, 3.05) is 0 Å². The van der Waals surface area contributed by atoms with Crippen LogP contribution in [0.2, 0.25) is 0 Å². The molecule has 0 aromatic heterocycles. The number of allylic oxidation sites excluding steroid dienone is 6. The normalized spacial score (nSPS) is 20.2. The molecule has 0 unspecified atom stereocenters. The number of hydrogen-bond donors (Lipinski definition) is 1. The zero-order chi connectivity index (χ0) is 15.6. The molecule has 0 bridgehead atoms. The lowest BCUT2D eigenvalue weighted by atomic mass is 10.1. The van der Waals surface area contributed by atoms with Crippen molar-refractivity contribution in [3.8, 4) is 5.75 Å². The fourth-order valence-corrected chi connectivity index (χ4v) is 2.23. The van der Waals surface area contributed by atoms with Crippen LogP contribution in [0.5, 0.6) is 5.75 Å². The van der Waals surface area contributed by atoms with Gasteiger partial charge in [0.2, 0.25) is 0 Å².